The molecule has 4 heterocycles. The molecule has 0 radical (unpaired) electrons. The maximum Gasteiger partial charge on any atom is 0.192 e. The molecule has 0 amide bonds. The van der Waals surface area contributed by atoms with E-state index in [-0.39, 0.29) is 77.7 Å². The van der Waals surface area contributed by atoms with E-state index >= 15 is 0 Å². The summed E-state index contributed by atoms with van der Waals surface area (Å²) in [6.45, 7) is 35.3. The lowest BCUT2D eigenvalue weighted by atomic mass is 9.88. The number of ether oxygens (including phenoxy) is 8. The lowest BCUT2D eigenvalue weighted by Crippen LogP contribution is -2.53. The van der Waals surface area contributed by atoms with E-state index in [0.29, 0.717) is 38.5 Å². The molecule has 1 N–H and O–H groups in total. The first-order valence-electron chi connectivity index (χ1n) is 22.4. The molecule has 0 saturated carbocycles. The Balaban J connectivity index is 1.40. The molecule has 4 aliphatic rings. The molecule has 0 spiro atoms. The van der Waals surface area contributed by atoms with Crippen molar-refractivity contribution in [1.29, 1.82) is 0 Å². The molecule has 0 unspecified atom stereocenters. The summed E-state index contributed by atoms with van der Waals surface area (Å²) in [5, 5.41) is 10.6. The smallest absolute Gasteiger partial charge is 0.192 e. The van der Waals surface area contributed by atoms with Crippen LogP contribution < -0.4 is 0 Å². The fourth-order valence-corrected chi connectivity index (χ4v) is 10.6. The standard InChI is InChI=1S/C46H84O11Si/c1-29(2)41(48)30(3)18-19-32-22-33(50-43(8,9)49-32)23-34-24-35(52-44(10,11)51-34)25-36-26-37(54-45(12,13)53-36)27-38-28-40(56-46(14,15)55-38)31(4)39(20-21-47)57-58(16,17)42(5,6)7/h18-19,21,29-41,48H,20,22-28H2,1-17H3/b19-18+/t30-,31-,32-,33-,34-,35+,36-,37+,38+,39-,40+,41-/m0/s1. The third kappa shape index (κ3) is 14.7. The van der Waals surface area contributed by atoms with Gasteiger partial charge in [0.25, 0.3) is 0 Å². The third-order valence-corrected chi connectivity index (χ3v) is 17.3. The Morgan fingerprint density at radius 2 is 1.05 bits per heavy atom. The summed E-state index contributed by atoms with van der Waals surface area (Å²) < 4.78 is 59.0. The monoisotopic (exact) mass is 841 g/mol. The van der Waals surface area contributed by atoms with Gasteiger partial charge >= 0.3 is 0 Å². The molecule has 0 aliphatic carbocycles. The Morgan fingerprint density at radius 3 is 1.47 bits per heavy atom. The van der Waals surface area contributed by atoms with Crippen LogP contribution in [0.5, 0.6) is 0 Å². The van der Waals surface area contributed by atoms with Crippen molar-refractivity contribution in [1.82, 2.24) is 0 Å². The van der Waals surface area contributed by atoms with Crippen molar-refractivity contribution in [3.8, 4) is 0 Å². The number of carbonyl (C=O) groups excluding carboxylic acids is 1. The van der Waals surface area contributed by atoms with Gasteiger partial charge in [-0.1, -0.05) is 60.6 Å². The van der Waals surface area contributed by atoms with Gasteiger partial charge in [-0.05, 0) is 79.4 Å². The molecular formula is C46H84O11Si. The van der Waals surface area contributed by atoms with Gasteiger partial charge in [0.2, 0.25) is 0 Å². The Morgan fingerprint density at radius 1 is 0.655 bits per heavy atom. The molecule has 4 saturated heterocycles. The number of aldehydes is 1. The van der Waals surface area contributed by atoms with Crippen molar-refractivity contribution in [3.63, 3.8) is 0 Å². The van der Waals surface area contributed by atoms with Gasteiger partial charge in [-0.15, -0.1) is 0 Å². The number of hydrogen-bond acceptors (Lipinski definition) is 11. The molecule has 12 atom stereocenters. The van der Waals surface area contributed by atoms with Crippen LogP contribution in [0.1, 0.15) is 155 Å². The van der Waals surface area contributed by atoms with E-state index in [2.05, 4.69) is 52.9 Å². The second-order valence-electron chi connectivity index (χ2n) is 21.7. The normalized spacial score (nSPS) is 35.0. The predicted molar refractivity (Wildman–Crippen MR) is 229 cm³/mol. The molecule has 11 nitrogen and oxygen atoms in total. The third-order valence-electron chi connectivity index (χ3n) is 12.8. The summed E-state index contributed by atoms with van der Waals surface area (Å²) in [5.74, 6) is -2.87. The zero-order valence-electron chi connectivity index (χ0n) is 39.4. The fraction of sp³-hybridized carbons (Fsp3) is 0.935. The Bertz CT molecular complexity index is 1340. The van der Waals surface area contributed by atoms with Crippen LogP contribution >= 0.6 is 0 Å². The van der Waals surface area contributed by atoms with E-state index in [1.807, 2.05) is 76.2 Å². The Hall–Kier alpha value is -0.773. The minimum absolute atomic E-state index is 0.000778. The van der Waals surface area contributed by atoms with Gasteiger partial charge in [0.1, 0.15) is 6.29 Å². The molecule has 58 heavy (non-hydrogen) atoms. The summed E-state index contributed by atoms with van der Waals surface area (Å²) in [4.78, 5) is 11.9. The Kier molecular flexibility index (Phi) is 16.6. The zero-order chi connectivity index (χ0) is 43.6. The van der Waals surface area contributed by atoms with Gasteiger partial charge in [0.15, 0.2) is 31.5 Å². The molecule has 0 bridgehead atoms. The second-order valence-corrected chi connectivity index (χ2v) is 26.4. The van der Waals surface area contributed by atoms with Gasteiger partial charge in [-0.2, -0.15) is 0 Å². The van der Waals surface area contributed by atoms with E-state index < -0.39 is 37.6 Å². The SMILES string of the molecule is CC(C)[C@H](O)[C@@H](C)/C=C/[C@H]1C[C@@H](C[C@H]2C[C@H](C[C@H]3C[C@H](C[C@@H]4C[C@H]([C@@H](C)[C@H](CC=O)O[Si](C)(C)C(C)(C)C)OC(C)(C)O4)OC(C)(C)O3)OC(C)(C)O2)OC(C)(C)O1. The molecule has 4 aliphatic heterocycles. The fourth-order valence-electron chi connectivity index (χ4n) is 9.20. The molecule has 0 aromatic carbocycles. The maximum absolute atomic E-state index is 11.9. The lowest BCUT2D eigenvalue weighted by molar-refractivity contribution is -0.339. The average molecular weight is 841 g/mol. The van der Waals surface area contributed by atoms with Crippen LogP contribution in [0, 0.1) is 17.8 Å². The van der Waals surface area contributed by atoms with Crippen LogP contribution in [-0.2, 0) is 47.1 Å². The highest BCUT2D eigenvalue weighted by atomic mass is 28.4. The van der Waals surface area contributed by atoms with Gasteiger partial charge in [-0.3, -0.25) is 0 Å². The number of carbonyl (C=O) groups is 1. The molecule has 338 valence electrons. The summed E-state index contributed by atoms with van der Waals surface area (Å²) in [6, 6.07) is 0. The van der Waals surface area contributed by atoms with E-state index in [0.717, 1.165) is 19.1 Å². The second kappa shape index (κ2) is 19.3. The quantitative estimate of drug-likeness (QED) is 0.0909. The van der Waals surface area contributed by atoms with Crippen LogP contribution in [0.15, 0.2) is 12.2 Å². The van der Waals surface area contributed by atoms with Crippen molar-refractivity contribution in [3.05, 3.63) is 12.2 Å². The van der Waals surface area contributed by atoms with Crippen molar-refractivity contribution in [2.45, 2.75) is 258 Å². The first-order valence-corrected chi connectivity index (χ1v) is 25.3. The topological polar surface area (TPSA) is 120 Å². The Labute approximate surface area is 353 Å². The van der Waals surface area contributed by atoms with Crippen LogP contribution in [0.3, 0.4) is 0 Å². The lowest BCUT2D eigenvalue weighted by Gasteiger charge is -2.48. The number of aliphatic hydroxyl groups excluding tert-OH is 1. The van der Waals surface area contributed by atoms with E-state index in [1.54, 1.807) is 0 Å². The predicted octanol–water partition coefficient (Wildman–Crippen LogP) is 9.62. The van der Waals surface area contributed by atoms with Crippen LogP contribution in [0.25, 0.3) is 0 Å². The largest absolute Gasteiger partial charge is 0.413 e. The molecule has 12 heteroatoms. The highest BCUT2D eigenvalue weighted by Crippen LogP contribution is 2.43. The summed E-state index contributed by atoms with van der Waals surface area (Å²) in [6.07, 6.45) is 9.10. The summed E-state index contributed by atoms with van der Waals surface area (Å²) in [5.41, 5.74) is 0. The zero-order valence-corrected chi connectivity index (χ0v) is 40.4. The minimum atomic E-state index is -2.13. The van der Waals surface area contributed by atoms with Crippen molar-refractivity contribution in [2.24, 2.45) is 17.8 Å². The maximum atomic E-state index is 11.9. The molecular weight excluding hydrogens is 757 g/mol. The number of aliphatic hydroxyl groups is 1. The van der Waals surface area contributed by atoms with E-state index in [9.17, 15) is 9.90 Å². The van der Waals surface area contributed by atoms with Crippen molar-refractivity contribution >= 4 is 14.6 Å². The van der Waals surface area contributed by atoms with Crippen LogP contribution in [0.2, 0.25) is 18.1 Å². The van der Waals surface area contributed by atoms with Gasteiger partial charge in [0.05, 0.1) is 61.0 Å². The van der Waals surface area contributed by atoms with E-state index in [1.165, 1.54) is 0 Å². The number of hydrogen-bond donors (Lipinski definition) is 1. The van der Waals surface area contributed by atoms with Crippen LogP contribution in [-0.4, -0.2) is 104 Å². The first-order chi connectivity index (χ1) is 26.5. The van der Waals surface area contributed by atoms with Crippen LogP contribution in [0.4, 0.5) is 0 Å². The molecule has 0 aromatic rings. The minimum Gasteiger partial charge on any atom is -0.413 e. The van der Waals surface area contributed by atoms with Gasteiger partial charge in [0, 0.05) is 63.2 Å². The summed E-state index contributed by atoms with van der Waals surface area (Å²) in [7, 11) is -2.13. The average Bonchev–Trinajstić information content (AvgIpc) is 3.02. The van der Waals surface area contributed by atoms with Crippen molar-refractivity contribution < 1.29 is 52.2 Å². The van der Waals surface area contributed by atoms with Crippen molar-refractivity contribution in [2.75, 3.05) is 0 Å². The van der Waals surface area contributed by atoms with Gasteiger partial charge < -0.3 is 52.2 Å². The first kappa shape index (κ1) is 49.9. The van der Waals surface area contributed by atoms with Gasteiger partial charge in [-0.25, -0.2) is 0 Å². The highest BCUT2D eigenvalue weighted by molar-refractivity contribution is 6.74. The summed E-state index contributed by atoms with van der Waals surface area (Å²) >= 11 is 0. The highest BCUT2D eigenvalue weighted by Gasteiger charge is 2.47. The number of rotatable bonds is 16. The van der Waals surface area contributed by atoms with E-state index in [4.69, 9.17) is 42.3 Å². The molecule has 4 rings (SSSR count). The molecule has 0 aromatic heterocycles. The molecule has 4 fully saturated rings.